The maximum absolute atomic E-state index is 7.69. The first kappa shape index (κ1) is 43.1. The lowest BCUT2D eigenvalue weighted by molar-refractivity contribution is -0.001000. The van der Waals surface area contributed by atoms with Crippen LogP contribution in [0.4, 0.5) is 0 Å². The van der Waals surface area contributed by atoms with Gasteiger partial charge in [-0.1, -0.05) is 6.08 Å². The summed E-state index contributed by atoms with van der Waals surface area (Å²) < 4.78 is 0. The van der Waals surface area contributed by atoms with Gasteiger partial charge in [0, 0.05) is 0 Å². The van der Waals surface area contributed by atoms with Gasteiger partial charge >= 0.3 is 0 Å². The molecule has 0 radical (unpaired) electrons. The van der Waals surface area contributed by atoms with Crippen LogP contribution in [-0.4, -0.2) is 5.11 Å². The second kappa shape index (κ2) is 61.7. The summed E-state index contributed by atoms with van der Waals surface area (Å²) in [6.07, 6.45) is 2.56. The van der Waals surface area contributed by atoms with Crippen molar-refractivity contribution >= 4 is 0 Å². The van der Waals surface area contributed by atoms with Gasteiger partial charge in [-0.25, -0.2) is 0 Å². The number of aliphatic hydroxyl groups is 1. The van der Waals surface area contributed by atoms with E-state index in [4.69, 9.17) is 5.11 Å². The van der Waals surface area contributed by atoms with Crippen molar-refractivity contribution in [3.05, 3.63) is 12.3 Å². The molecule has 0 aromatic carbocycles. The van der Waals surface area contributed by atoms with Gasteiger partial charge in [0.15, 0.2) is 0 Å². The van der Waals surface area contributed by atoms with Crippen LogP contribution >= 0.6 is 0 Å². The summed E-state index contributed by atoms with van der Waals surface area (Å²) in [5, 5.41) is 7.69. The molecule has 5 heteroatoms. The third-order valence-corrected chi connectivity index (χ3v) is 0.149. The Kier molecular flexibility index (Phi) is 333. The molecule has 0 amide bonds. The second-order valence-electron chi connectivity index (χ2n) is 0.482. The highest BCUT2D eigenvalue weighted by Gasteiger charge is 1.35. The fourth-order valence-electron chi connectivity index (χ4n) is 0. The molecular weight excluding hydrogens is 151 g/mol. The molecule has 0 bridgehead atoms. The maximum atomic E-state index is 7.69. The largest absolute Gasteiger partial charge is 1.00 e. The van der Waals surface area contributed by atoms with Crippen LogP contribution in [0.5, 0.6) is 0 Å². The first-order chi connectivity index (χ1) is 1.91. The second-order valence-corrected chi connectivity index (χ2v) is 0.482. The van der Waals surface area contributed by atoms with E-state index in [0.717, 1.165) is 6.26 Å². The molecule has 0 unspecified atom stereocenters. The van der Waals surface area contributed by atoms with Crippen LogP contribution in [0.2, 0.25) is 0 Å². The van der Waals surface area contributed by atoms with Crippen LogP contribution in [0.15, 0.2) is 12.3 Å². The molecule has 0 aromatic rings. The minimum absolute atomic E-state index is 0. The lowest BCUT2D eigenvalue weighted by Gasteiger charge is -1.53. The molecule has 8 heavy (non-hydrogen) atoms. The Morgan fingerprint density at radius 1 is 1.12 bits per heavy atom. The minimum atomic E-state index is 0. The lowest BCUT2D eigenvalue weighted by atomic mass is 10.8. The van der Waals surface area contributed by atoms with E-state index < -0.39 is 0 Å². The lowest BCUT2D eigenvalue weighted by Crippen LogP contribution is -3.00. The predicted molar refractivity (Wildman–Crippen MR) is 29.4 cm³/mol. The Hall–Kier alpha value is 0.0400. The summed E-state index contributed by atoms with van der Waals surface area (Å²) in [6, 6.07) is 0. The predicted octanol–water partition coefficient (Wildman–Crippen LogP) is -4.16. The van der Waals surface area contributed by atoms with Gasteiger partial charge in [0.1, 0.15) is 0 Å². The topological polar surface area (TPSA) is 93.2 Å². The highest BCUT2D eigenvalue weighted by atomic mass is 35.5. The zero-order valence-electron chi connectivity index (χ0n) is 5.36. The van der Waals surface area contributed by atoms with E-state index in [1.807, 2.05) is 0 Å². The highest BCUT2D eigenvalue weighted by Crippen LogP contribution is 1.51. The van der Waals surface area contributed by atoms with E-state index in [1.54, 1.807) is 13.0 Å². The molecule has 0 aliphatic carbocycles. The number of quaternary nitrogens is 2. The van der Waals surface area contributed by atoms with Crippen molar-refractivity contribution in [2.24, 2.45) is 0 Å². The van der Waals surface area contributed by atoms with Crippen molar-refractivity contribution in [3.8, 4) is 0 Å². The van der Waals surface area contributed by atoms with Crippen molar-refractivity contribution in [1.82, 2.24) is 12.3 Å². The van der Waals surface area contributed by atoms with Crippen molar-refractivity contribution in [3.63, 3.8) is 0 Å². The van der Waals surface area contributed by atoms with Gasteiger partial charge in [0.25, 0.3) is 0 Å². The summed E-state index contributed by atoms with van der Waals surface area (Å²) in [6.45, 7) is 1.75. The molecule has 0 aromatic heterocycles. The maximum Gasteiger partial charge on any atom is 0.0748 e. The van der Waals surface area contributed by atoms with Crippen molar-refractivity contribution in [2.75, 3.05) is 0 Å². The van der Waals surface area contributed by atoms with Gasteiger partial charge in [-0.05, 0) is 6.92 Å². The average Bonchev–Trinajstić information content (AvgIpc) is 1.37. The number of halogens is 2. The first-order valence-corrected chi connectivity index (χ1v) is 1.17. The van der Waals surface area contributed by atoms with Gasteiger partial charge in [0.2, 0.25) is 0 Å². The zero-order chi connectivity index (χ0) is 3.41. The number of aliphatic hydroxyl groups excluding tert-OH is 1. The van der Waals surface area contributed by atoms with E-state index in [-0.39, 0.29) is 37.1 Å². The summed E-state index contributed by atoms with van der Waals surface area (Å²) >= 11 is 0. The quantitative estimate of drug-likeness (QED) is 0.312. The van der Waals surface area contributed by atoms with Crippen LogP contribution in [0.1, 0.15) is 6.92 Å². The zero-order valence-corrected chi connectivity index (χ0v) is 6.87. The molecule has 0 saturated carbocycles. The number of hydrogen-bond donors (Lipinski definition) is 3. The SMILES string of the molecule is CC=CO.[Cl-].[Cl-].[NH4+].[NH4+]. The molecule has 0 aliphatic heterocycles. The van der Waals surface area contributed by atoms with Gasteiger partial charge in [-0.3, -0.25) is 0 Å². The Labute approximate surface area is 62.2 Å². The number of rotatable bonds is 0. The molecule has 0 atom stereocenters. The van der Waals surface area contributed by atoms with E-state index >= 15 is 0 Å². The van der Waals surface area contributed by atoms with Gasteiger partial charge < -0.3 is 42.2 Å². The molecule has 0 rings (SSSR count). The van der Waals surface area contributed by atoms with Crippen molar-refractivity contribution in [2.45, 2.75) is 6.92 Å². The van der Waals surface area contributed by atoms with E-state index in [9.17, 15) is 0 Å². The normalized spacial score (nSPS) is 4.62. The molecule has 3 nitrogen and oxygen atoms in total. The fourth-order valence-corrected chi connectivity index (χ4v) is 0. The van der Waals surface area contributed by atoms with Gasteiger partial charge in [-0.15, -0.1) is 0 Å². The first-order valence-electron chi connectivity index (χ1n) is 1.17. The average molecular weight is 165 g/mol. The van der Waals surface area contributed by atoms with Crippen LogP contribution < -0.4 is 37.1 Å². The van der Waals surface area contributed by atoms with E-state index in [1.165, 1.54) is 0 Å². The van der Waals surface area contributed by atoms with Crippen molar-refractivity contribution in [1.29, 1.82) is 0 Å². The minimum Gasteiger partial charge on any atom is -1.00 e. The Balaban J connectivity index is -0.00000000750. The molecule has 0 fully saturated rings. The summed E-state index contributed by atoms with van der Waals surface area (Å²) in [7, 11) is 0. The fraction of sp³-hybridized carbons (Fsp3) is 0.333. The third-order valence-electron chi connectivity index (χ3n) is 0.149. The van der Waals surface area contributed by atoms with Gasteiger partial charge in [-0.2, -0.15) is 0 Å². The van der Waals surface area contributed by atoms with Crippen LogP contribution in [0.25, 0.3) is 0 Å². The van der Waals surface area contributed by atoms with Crippen LogP contribution in [-0.2, 0) is 0 Å². The molecular formula is C3H14Cl2N2O. The van der Waals surface area contributed by atoms with Gasteiger partial charge in [0.05, 0.1) is 6.26 Å². The molecule has 56 valence electrons. The van der Waals surface area contributed by atoms with E-state index in [0.29, 0.717) is 0 Å². The van der Waals surface area contributed by atoms with Crippen LogP contribution in [0, 0.1) is 0 Å². The Morgan fingerprint density at radius 2 is 1.25 bits per heavy atom. The van der Waals surface area contributed by atoms with Crippen molar-refractivity contribution < 1.29 is 29.9 Å². The van der Waals surface area contributed by atoms with Crippen LogP contribution in [0.3, 0.4) is 0 Å². The summed E-state index contributed by atoms with van der Waals surface area (Å²) in [4.78, 5) is 0. The number of hydrogen-bond acceptors (Lipinski definition) is 1. The molecule has 9 N–H and O–H groups in total. The third kappa shape index (κ3) is 142. The molecule has 0 heterocycles. The standard InChI is InChI=1S/C3H6O.2ClH.2H3N/c1-2-3-4;;;;/h2-4H,1H3;2*1H;2*1H3. The smallest absolute Gasteiger partial charge is 0.0748 e. The Bertz CT molecular complexity index is 30.5. The molecule has 0 aliphatic rings. The number of allylic oxidation sites excluding steroid dienone is 1. The Morgan fingerprint density at radius 3 is 1.25 bits per heavy atom. The summed E-state index contributed by atoms with van der Waals surface area (Å²) in [5.74, 6) is 0. The highest BCUT2D eigenvalue weighted by molar-refractivity contribution is 4.60. The monoisotopic (exact) mass is 164 g/mol. The molecule has 0 saturated heterocycles. The summed E-state index contributed by atoms with van der Waals surface area (Å²) in [5.41, 5.74) is 0. The van der Waals surface area contributed by atoms with E-state index in [2.05, 4.69) is 0 Å². The molecule has 0 spiro atoms.